The van der Waals surface area contributed by atoms with E-state index in [1.54, 1.807) is 11.0 Å². The first-order valence-corrected chi connectivity index (χ1v) is 10.8. The van der Waals surface area contributed by atoms with Crippen molar-refractivity contribution >= 4 is 11.9 Å². The highest BCUT2D eigenvalue weighted by Crippen LogP contribution is 2.53. The molecule has 1 aliphatic heterocycles. The number of halogens is 2. The molecule has 0 bridgehead atoms. The summed E-state index contributed by atoms with van der Waals surface area (Å²) in [5.41, 5.74) is -0.918. The zero-order valence-corrected chi connectivity index (χ0v) is 17.4. The summed E-state index contributed by atoms with van der Waals surface area (Å²) in [5, 5.41) is 14.5. The van der Waals surface area contributed by atoms with E-state index in [9.17, 15) is 23.6 Å². The maximum Gasteiger partial charge on any atom is 0.318 e. The smallest absolute Gasteiger partial charge is 0.318 e. The van der Waals surface area contributed by atoms with Crippen molar-refractivity contribution in [3.63, 3.8) is 0 Å². The average molecular weight is 431 g/mol. The van der Waals surface area contributed by atoms with Gasteiger partial charge in [0.1, 0.15) is 17.3 Å². The van der Waals surface area contributed by atoms with E-state index < -0.39 is 35.9 Å². The molecule has 2 heterocycles. The lowest BCUT2D eigenvalue weighted by Gasteiger charge is -2.33. The number of nitrogens with one attached hydrogen (secondary N) is 2. The van der Waals surface area contributed by atoms with Gasteiger partial charge < -0.3 is 15.5 Å². The normalized spacial score (nSPS) is 21.6. The van der Waals surface area contributed by atoms with E-state index in [0.717, 1.165) is 12.8 Å². The Kier molecular flexibility index (Phi) is 5.58. The standard InChI is InChI=1S/C22H27F2N5O2/c23-22(24,17-3-1-2-12-26-17)5-4-16(18(30)28-21(15-25)8-9-21)27-19(31)29-13-10-20(6-7-20)11-14-29/h1-3,12,16H,4-11,13-14H2,(H,27,31)(H,28,30)/t16-/m0/s1. The number of hydrogen-bond acceptors (Lipinski definition) is 4. The minimum absolute atomic E-state index is 0.263. The van der Waals surface area contributed by atoms with Gasteiger partial charge in [0.2, 0.25) is 5.91 Å². The molecule has 1 saturated heterocycles. The SMILES string of the molecule is N#CC1(NC(=O)[C@H](CCC(F)(F)c2ccccn2)NC(=O)N2CCC3(CC2)CC3)CC1. The summed E-state index contributed by atoms with van der Waals surface area (Å²) < 4.78 is 29.2. The zero-order chi connectivity index (χ0) is 22.1. The lowest BCUT2D eigenvalue weighted by Crippen LogP contribution is -2.54. The number of carbonyl (C=O) groups is 2. The van der Waals surface area contributed by atoms with Crippen LogP contribution in [-0.4, -0.2) is 46.5 Å². The summed E-state index contributed by atoms with van der Waals surface area (Å²) in [7, 11) is 0. The lowest BCUT2D eigenvalue weighted by atomic mass is 9.94. The Labute approximate surface area is 180 Å². The molecule has 9 heteroatoms. The molecule has 3 aliphatic rings. The van der Waals surface area contributed by atoms with Gasteiger partial charge in [0.25, 0.3) is 5.92 Å². The largest absolute Gasteiger partial charge is 0.336 e. The molecule has 166 valence electrons. The van der Waals surface area contributed by atoms with Gasteiger partial charge in [-0.15, -0.1) is 0 Å². The minimum atomic E-state index is -3.24. The van der Waals surface area contributed by atoms with Crippen LogP contribution < -0.4 is 10.6 Å². The highest BCUT2D eigenvalue weighted by Gasteiger charge is 2.47. The number of pyridine rings is 1. The molecule has 1 spiro atoms. The fraction of sp³-hybridized carbons (Fsp3) is 0.636. The minimum Gasteiger partial charge on any atom is -0.336 e. The van der Waals surface area contributed by atoms with Crippen LogP contribution in [0.4, 0.5) is 13.6 Å². The van der Waals surface area contributed by atoms with Crippen LogP contribution in [0.3, 0.4) is 0 Å². The van der Waals surface area contributed by atoms with Gasteiger partial charge in [0, 0.05) is 25.7 Å². The number of likely N-dealkylation sites (tertiary alicyclic amines) is 1. The van der Waals surface area contributed by atoms with Gasteiger partial charge in [-0.25, -0.2) is 4.79 Å². The molecule has 4 rings (SSSR count). The van der Waals surface area contributed by atoms with Crippen LogP contribution in [0.2, 0.25) is 0 Å². The van der Waals surface area contributed by atoms with Crippen LogP contribution >= 0.6 is 0 Å². The average Bonchev–Trinajstić information content (AvgIpc) is 3.70. The number of urea groups is 1. The van der Waals surface area contributed by atoms with Crippen molar-refractivity contribution in [2.24, 2.45) is 5.41 Å². The van der Waals surface area contributed by atoms with Gasteiger partial charge in [-0.1, -0.05) is 6.07 Å². The lowest BCUT2D eigenvalue weighted by molar-refractivity contribution is -0.124. The Morgan fingerprint density at radius 1 is 1.19 bits per heavy atom. The number of rotatable bonds is 7. The van der Waals surface area contributed by atoms with Crippen molar-refractivity contribution in [3.8, 4) is 6.07 Å². The van der Waals surface area contributed by atoms with Crippen molar-refractivity contribution in [2.75, 3.05) is 13.1 Å². The maximum absolute atomic E-state index is 14.6. The molecule has 1 aromatic heterocycles. The van der Waals surface area contributed by atoms with Crippen LogP contribution in [0.15, 0.2) is 24.4 Å². The van der Waals surface area contributed by atoms with Gasteiger partial charge in [-0.05, 0) is 62.5 Å². The number of nitrogens with zero attached hydrogens (tertiary/aromatic N) is 3. The molecule has 31 heavy (non-hydrogen) atoms. The van der Waals surface area contributed by atoms with Gasteiger partial charge in [-0.2, -0.15) is 14.0 Å². The summed E-state index contributed by atoms with van der Waals surface area (Å²) in [6, 6.07) is 4.76. The number of amides is 3. The molecule has 1 aromatic rings. The quantitative estimate of drug-likeness (QED) is 0.693. The second-order valence-electron chi connectivity index (χ2n) is 9.13. The molecule has 3 fully saturated rings. The first-order chi connectivity index (χ1) is 14.8. The molecule has 0 aromatic carbocycles. The summed E-state index contributed by atoms with van der Waals surface area (Å²) >= 11 is 0. The predicted molar refractivity (Wildman–Crippen MR) is 108 cm³/mol. The fourth-order valence-electron chi connectivity index (χ4n) is 4.12. The second-order valence-corrected chi connectivity index (χ2v) is 9.13. The topological polar surface area (TPSA) is 98.1 Å². The van der Waals surface area contributed by atoms with Gasteiger partial charge in [-0.3, -0.25) is 9.78 Å². The molecule has 0 unspecified atom stereocenters. The molecule has 2 aliphatic carbocycles. The van der Waals surface area contributed by atoms with E-state index in [1.807, 2.05) is 0 Å². The number of nitriles is 1. The van der Waals surface area contributed by atoms with Gasteiger partial charge in [0.15, 0.2) is 0 Å². The molecule has 2 saturated carbocycles. The van der Waals surface area contributed by atoms with E-state index in [-0.39, 0.29) is 12.1 Å². The third-order valence-electron chi connectivity index (χ3n) is 6.80. The van der Waals surface area contributed by atoms with Crippen molar-refractivity contribution < 1.29 is 18.4 Å². The summed E-state index contributed by atoms with van der Waals surface area (Å²) in [6.45, 7) is 1.21. The molecule has 7 nitrogen and oxygen atoms in total. The van der Waals surface area contributed by atoms with Crippen LogP contribution in [0.1, 0.15) is 57.1 Å². The summed E-state index contributed by atoms with van der Waals surface area (Å²) in [5.74, 6) is -3.83. The zero-order valence-electron chi connectivity index (χ0n) is 17.4. The molecule has 2 N–H and O–H groups in total. The van der Waals surface area contributed by atoms with Gasteiger partial charge >= 0.3 is 6.03 Å². The van der Waals surface area contributed by atoms with Gasteiger partial charge in [0.05, 0.1) is 6.07 Å². The Bertz CT molecular complexity index is 868. The number of piperidine rings is 1. The third kappa shape index (κ3) is 4.94. The highest BCUT2D eigenvalue weighted by atomic mass is 19.3. The number of alkyl halides is 2. The van der Waals surface area contributed by atoms with E-state index in [0.29, 0.717) is 31.3 Å². The fourth-order valence-corrected chi connectivity index (χ4v) is 4.12. The van der Waals surface area contributed by atoms with Crippen molar-refractivity contribution in [3.05, 3.63) is 30.1 Å². The van der Waals surface area contributed by atoms with Crippen LogP contribution in [-0.2, 0) is 10.7 Å². The molecule has 0 radical (unpaired) electrons. The van der Waals surface area contributed by atoms with E-state index >= 15 is 0 Å². The van der Waals surface area contributed by atoms with Crippen molar-refractivity contribution in [1.29, 1.82) is 5.26 Å². The van der Waals surface area contributed by atoms with E-state index in [2.05, 4.69) is 21.7 Å². The molecule has 3 amide bonds. The summed E-state index contributed by atoms with van der Waals surface area (Å²) in [4.78, 5) is 30.9. The second kappa shape index (κ2) is 8.06. The monoisotopic (exact) mass is 431 g/mol. The first kappa shape index (κ1) is 21.5. The number of hydrogen-bond donors (Lipinski definition) is 2. The van der Waals surface area contributed by atoms with Crippen LogP contribution in [0.5, 0.6) is 0 Å². The van der Waals surface area contributed by atoms with Crippen LogP contribution in [0.25, 0.3) is 0 Å². The number of carbonyl (C=O) groups excluding carboxylic acids is 2. The first-order valence-electron chi connectivity index (χ1n) is 10.8. The Morgan fingerprint density at radius 3 is 2.45 bits per heavy atom. The Hall–Kier alpha value is -2.76. The molecular formula is C22H27F2N5O2. The highest BCUT2D eigenvalue weighted by molar-refractivity contribution is 5.88. The Morgan fingerprint density at radius 2 is 1.90 bits per heavy atom. The molecule has 1 atom stereocenters. The van der Waals surface area contributed by atoms with E-state index in [1.165, 1.54) is 31.2 Å². The number of aromatic nitrogens is 1. The maximum atomic E-state index is 14.6. The third-order valence-corrected chi connectivity index (χ3v) is 6.80. The predicted octanol–water partition coefficient (Wildman–Crippen LogP) is 3.08. The Balaban J connectivity index is 1.40. The summed E-state index contributed by atoms with van der Waals surface area (Å²) in [6.07, 6.45) is 5.70. The van der Waals surface area contributed by atoms with Crippen molar-refractivity contribution in [2.45, 2.75) is 68.9 Å². The molecular weight excluding hydrogens is 404 g/mol. The van der Waals surface area contributed by atoms with Crippen LogP contribution in [0, 0.1) is 16.7 Å². The van der Waals surface area contributed by atoms with Crippen molar-refractivity contribution in [1.82, 2.24) is 20.5 Å². The van der Waals surface area contributed by atoms with E-state index in [4.69, 9.17) is 0 Å².